The fraction of sp³-hybridized carbons (Fsp3) is 0.0476. The van der Waals surface area contributed by atoms with E-state index >= 15 is 0 Å². The molecular weight excluding hydrogens is 347 g/mol. The number of nitrogens with zero attached hydrogens (tertiary/aromatic N) is 1. The quantitative estimate of drug-likeness (QED) is 0.700. The van der Waals surface area contributed by atoms with Crippen LogP contribution in [0.15, 0.2) is 60.8 Å². The van der Waals surface area contributed by atoms with E-state index in [1.807, 2.05) is 24.3 Å². The summed E-state index contributed by atoms with van der Waals surface area (Å²) in [5.41, 5.74) is 1.91. The molecule has 0 saturated carbocycles. The number of rotatable bonds is 4. The first-order valence-corrected chi connectivity index (χ1v) is 8.29. The largest absolute Gasteiger partial charge is 0.454 e. The van der Waals surface area contributed by atoms with Crippen LogP contribution in [0.1, 0.15) is 21.6 Å². The molecule has 1 aliphatic heterocycles. The van der Waals surface area contributed by atoms with Crippen molar-refractivity contribution in [2.45, 2.75) is 0 Å². The van der Waals surface area contributed by atoms with Crippen molar-refractivity contribution < 1.29 is 18.7 Å². The predicted octanol–water partition coefficient (Wildman–Crippen LogP) is 4.37. The number of benzene rings is 2. The summed E-state index contributed by atoms with van der Waals surface area (Å²) in [7, 11) is 0. The average Bonchev–Trinajstić information content (AvgIpc) is 3.16. The average molecular weight is 362 g/mol. The second-order valence-corrected chi connectivity index (χ2v) is 5.85. The Balaban J connectivity index is 1.47. The number of halogens is 1. The third-order valence-corrected chi connectivity index (χ3v) is 4.00. The van der Waals surface area contributed by atoms with Gasteiger partial charge in [-0.1, -0.05) is 30.4 Å². The van der Waals surface area contributed by atoms with Crippen molar-refractivity contribution in [3.8, 4) is 11.5 Å². The van der Waals surface area contributed by atoms with Crippen LogP contribution in [0.25, 0.3) is 12.2 Å². The Hall–Kier alpha value is -3.67. The van der Waals surface area contributed by atoms with Gasteiger partial charge in [0, 0.05) is 6.20 Å². The van der Waals surface area contributed by atoms with E-state index < -0.39 is 11.7 Å². The molecule has 0 aliphatic carbocycles. The number of pyridine rings is 1. The monoisotopic (exact) mass is 362 g/mol. The maximum Gasteiger partial charge on any atom is 0.274 e. The van der Waals surface area contributed by atoms with E-state index in [4.69, 9.17) is 9.47 Å². The molecule has 5 nitrogen and oxygen atoms in total. The van der Waals surface area contributed by atoms with Crippen molar-refractivity contribution in [3.05, 3.63) is 83.4 Å². The van der Waals surface area contributed by atoms with Gasteiger partial charge in [-0.25, -0.2) is 4.39 Å². The number of carbonyl (C=O) groups excluding carboxylic acids is 1. The zero-order valence-corrected chi connectivity index (χ0v) is 14.2. The first-order valence-electron chi connectivity index (χ1n) is 8.29. The van der Waals surface area contributed by atoms with Crippen LogP contribution >= 0.6 is 0 Å². The van der Waals surface area contributed by atoms with Gasteiger partial charge < -0.3 is 14.8 Å². The molecule has 134 valence electrons. The van der Waals surface area contributed by atoms with E-state index in [9.17, 15) is 9.18 Å². The van der Waals surface area contributed by atoms with E-state index in [1.54, 1.807) is 30.3 Å². The first-order chi connectivity index (χ1) is 13.2. The van der Waals surface area contributed by atoms with Gasteiger partial charge in [0.2, 0.25) is 6.79 Å². The van der Waals surface area contributed by atoms with Gasteiger partial charge in [0.1, 0.15) is 11.5 Å². The molecular formula is C21H15FN2O3. The molecule has 2 heterocycles. The summed E-state index contributed by atoms with van der Waals surface area (Å²) in [4.78, 5) is 16.0. The second kappa shape index (κ2) is 7.29. The number of fused-ring (bicyclic) bond motifs is 1. The molecule has 27 heavy (non-hydrogen) atoms. The second-order valence-electron chi connectivity index (χ2n) is 5.85. The number of aromatic nitrogens is 1. The van der Waals surface area contributed by atoms with Crippen LogP contribution in [0.3, 0.4) is 0 Å². The van der Waals surface area contributed by atoms with Crippen molar-refractivity contribution >= 4 is 23.7 Å². The lowest BCUT2D eigenvalue weighted by molar-refractivity contribution is 0.102. The molecule has 2 aromatic carbocycles. The number of nitrogens with one attached hydrogen (secondary N) is 1. The Morgan fingerprint density at radius 3 is 2.56 bits per heavy atom. The molecule has 0 fully saturated rings. The molecule has 1 aliphatic rings. The van der Waals surface area contributed by atoms with Crippen molar-refractivity contribution in [1.29, 1.82) is 0 Å². The lowest BCUT2D eigenvalue weighted by Gasteiger charge is -2.06. The minimum absolute atomic E-state index is 0.103. The van der Waals surface area contributed by atoms with Gasteiger partial charge in [0.15, 0.2) is 11.5 Å². The zero-order chi connectivity index (χ0) is 18.6. The topological polar surface area (TPSA) is 60.5 Å². The zero-order valence-electron chi connectivity index (χ0n) is 14.2. The number of carbonyl (C=O) groups is 1. The van der Waals surface area contributed by atoms with Crippen LogP contribution < -0.4 is 14.8 Å². The van der Waals surface area contributed by atoms with Gasteiger partial charge in [-0.3, -0.25) is 9.78 Å². The molecule has 0 atom stereocenters. The van der Waals surface area contributed by atoms with Gasteiger partial charge in [-0.05, 0) is 47.5 Å². The molecule has 1 amide bonds. The van der Waals surface area contributed by atoms with Crippen molar-refractivity contribution in [1.82, 2.24) is 4.98 Å². The van der Waals surface area contributed by atoms with Crippen molar-refractivity contribution in [3.63, 3.8) is 0 Å². The van der Waals surface area contributed by atoms with E-state index in [0.717, 1.165) is 5.56 Å². The Morgan fingerprint density at radius 2 is 1.78 bits per heavy atom. The summed E-state index contributed by atoms with van der Waals surface area (Å²) < 4.78 is 24.9. The van der Waals surface area contributed by atoms with Crippen LogP contribution in [0.2, 0.25) is 0 Å². The van der Waals surface area contributed by atoms with Gasteiger partial charge in [0.05, 0.1) is 5.69 Å². The van der Waals surface area contributed by atoms with Crippen LogP contribution in [0, 0.1) is 5.82 Å². The lowest BCUT2D eigenvalue weighted by atomic mass is 10.1. The van der Waals surface area contributed by atoms with Gasteiger partial charge >= 0.3 is 0 Å². The Kier molecular flexibility index (Phi) is 4.53. The normalized spacial score (nSPS) is 12.3. The summed E-state index contributed by atoms with van der Waals surface area (Å²) in [6.45, 7) is 0.222. The highest BCUT2D eigenvalue weighted by Gasteiger charge is 2.12. The molecule has 4 rings (SSSR count). The summed E-state index contributed by atoms with van der Waals surface area (Å²) in [6, 6.07) is 15.2. The van der Waals surface area contributed by atoms with Crippen molar-refractivity contribution in [2.24, 2.45) is 0 Å². The van der Waals surface area contributed by atoms with Crippen LogP contribution in [0.4, 0.5) is 10.1 Å². The van der Waals surface area contributed by atoms with E-state index in [-0.39, 0.29) is 18.2 Å². The predicted molar refractivity (Wildman–Crippen MR) is 100 cm³/mol. The molecule has 0 bridgehead atoms. The standard InChI is InChI=1S/C21H15FN2O3/c22-16-11-14(4-5-15-7-9-19-20(12-15)27-13-26-19)6-8-17(16)24-21(25)18-3-1-2-10-23-18/h1-12H,13H2,(H,24,25)/b5-4+. The fourth-order valence-corrected chi connectivity index (χ4v) is 2.63. The smallest absolute Gasteiger partial charge is 0.274 e. The third kappa shape index (κ3) is 3.79. The molecule has 0 spiro atoms. The lowest BCUT2D eigenvalue weighted by Crippen LogP contribution is -2.14. The summed E-state index contributed by atoms with van der Waals surface area (Å²) >= 11 is 0. The van der Waals surface area contributed by atoms with Crippen molar-refractivity contribution in [2.75, 3.05) is 12.1 Å². The minimum atomic E-state index is -0.521. The molecule has 0 radical (unpaired) electrons. The summed E-state index contributed by atoms with van der Waals surface area (Å²) in [6.07, 6.45) is 5.14. The molecule has 1 N–H and O–H groups in total. The Bertz CT molecular complexity index is 1020. The van der Waals surface area contributed by atoms with Crippen LogP contribution in [-0.4, -0.2) is 17.7 Å². The molecule has 0 saturated heterocycles. The SMILES string of the molecule is O=C(Nc1ccc(/C=C/c2ccc3c(c2)OCO3)cc1F)c1ccccn1. The molecule has 0 unspecified atom stereocenters. The van der Waals surface area contributed by atoms with E-state index in [1.165, 1.54) is 18.3 Å². The highest BCUT2D eigenvalue weighted by Crippen LogP contribution is 2.33. The minimum Gasteiger partial charge on any atom is -0.454 e. The molecule has 1 aromatic heterocycles. The maximum absolute atomic E-state index is 14.3. The van der Waals surface area contributed by atoms with E-state index in [0.29, 0.717) is 17.1 Å². The Labute approximate surface area is 155 Å². The van der Waals surface area contributed by atoms with Gasteiger partial charge in [0.25, 0.3) is 5.91 Å². The number of hydrogen-bond donors (Lipinski definition) is 1. The number of hydrogen-bond acceptors (Lipinski definition) is 4. The van der Waals surface area contributed by atoms with Gasteiger partial charge in [-0.15, -0.1) is 0 Å². The van der Waals surface area contributed by atoms with Gasteiger partial charge in [-0.2, -0.15) is 0 Å². The fourth-order valence-electron chi connectivity index (χ4n) is 2.63. The number of amides is 1. The summed E-state index contributed by atoms with van der Waals surface area (Å²) in [5.74, 6) is 0.423. The first kappa shape index (κ1) is 16.8. The highest BCUT2D eigenvalue weighted by molar-refractivity contribution is 6.02. The van der Waals surface area contributed by atoms with Crippen LogP contribution in [-0.2, 0) is 0 Å². The molecule has 6 heteroatoms. The Morgan fingerprint density at radius 1 is 1.00 bits per heavy atom. The maximum atomic E-state index is 14.3. The third-order valence-electron chi connectivity index (χ3n) is 4.00. The number of ether oxygens (including phenoxy) is 2. The molecule has 3 aromatic rings. The van der Waals surface area contributed by atoms with E-state index in [2.05, 4.69) is 10.3 Å². The highest BCUT2D eigenvalue weighted by atomic mass is 19.1. The van der Waals surface area contributed by atoms with Crippen LogP contribution in [0.5, 0.6) is 11.5 Å². The summed E-state index contributed by atoms with van der Waals surface area (Å²) in [5, 5.41) is 2.52. The number of anilines is 1.